The van der Waals surface area contributed by atoms with E-state index in [1.807, 2.05) is 6.08 Å². The molecule has 1 aliphatic heterocycles. The van der Waals surface area contributed by atoms with Crippen molar-refractivity contribution in [3.63, 3.8) is 0 Å². The number of benzene rings is 1. The number of aliphatic imine (C=N–C) groups is 1. The van der Waals surface area contributed by atoms with E-state index in [0.29, 0.717) is 22.4 Å². The molecule has 1 aromatic heterocycles. The summed E-state index contributed by atoms with van der Waals surface area (Å²) in [5.41, 5.74) is 1.40. The monoisotopic (exact) mass is 388 g/mol. The number of para-hydroxylation sites is 1. The van der Waals surface area contributed by atoms with Crippen molar-refractivity contribution in [3.8, 4) is 0 Å². The Kier molecular flexibility index (Phi) is 4.42. The van der Waals surface area contributed by atoms with Gasteiger partial charge in [0.15, 0.2) is 0 Å². The van der Waals surface area contributed by atoms with Gasteiger partial charge in [-0.1, -0.05) is 45.0 Å². The predicted octanol–water partition coefficient (Wildman–Crippen LogP) is 3.55. The Hall–Kier alpha value is -3.54. The topological polar surface area (TPSA) is 88.7 Å². The molecule has 2 aromatic rings. The summed E-state index contributed by atoms with van der Waals surface area (Å²) in [7, 11) is 0. The van der Waals surface area contributed by atoms with Gasteiger partial charge in [0, 0.05) is 23.1 Å². The molecule has 1 N–H and O–H groups in total. The molecule has 0 saturated carbocycles. The number of hydrogen-bond acceptors (Lipinski definition) is 4. The van der Waals surface area contributed by atoms with Crippen LogP contribution >= 0.6 is 0 Å². The van der Waals surface area contributed by atoms with Gasteiger partial charge in [-0.25, -0.2) is 9.79 Å². The molecule has 29 heavy (non-hydrogen) atoms. The molecule has 4 rings (SSSR count). The number of nitrogens with one attached hydrogen (secondary N) is 1. The first-order chi connectivity index (χ1) is 13.7. The summed E-state index contributed by atoms with van der Waals surface area (Å²) < 4.78 is 5.21. The molecule has 1 aliphatic carbocycles. The largest absolute Gasteiger partial charge is 0.422 e. The third-order valence-corrected chi connectivity index (χ3v) is 4.96. The minimum Gasteiger partial charge on any atom is -0.422 e. The van der Waals surface area contributed by atoms with Gasteiger partial charge in [0.1, 0.15) is 11.1 Å². The Bertz CT molecular complexity index is 1220. The first-order valence-corrected chi connectivity index (χ1v) is 9.31. The second-order valence-electron chi connectivity index (χ2n) is 8.10. The number of rotatable bonds is 1. The number of carbonyl (C=O) groups is 2. The summed E-state index contributed by atoms with van der Waals surface area (Å²) >= 11 is 0. The summed E-state index contributed by atoms with van der Waals surface area (Å²) in [6.45, 7) is 6.15. The highest BCUT2D eigenvalue weighted by molar-refractivity contribution is 6.14. The van der Waals surface area contributed by atoms with Crippen LogP contribution in [0.15, 0.2) is 80.1 Å². The van der Waals surface area contributed by atoms with E-state index in [0.717, 1.165) is 5.57 Å². The fourth-order valence-corrected chi connectivity index (χ4v) is 3.53. The van der Waals surface area contributed by atoms with Gasteiger partial charge >= 0.3 is 5.63 Å². The Morgan fingerprint density at radius 3 is 2.66 bits per heavy atom. The smallest absolute Gasteiger partial charge is 0.349 e. The van der Waals surface area contributed by atoms with Crippen molar-refractivity contribution < 1.29 is 14.0 Å². The van der Waals surface area contributed by atoms with E-state index >= 15 is 0 Å². The SMILES string of the molecule is CC(C)(C)C1=CC(=O)NC2=CC(=NC(=O)c3cc4ccccc4oc3=O)C=CC21. The van der Waals surface area contributed by atoms with E-state index < -0.39 is 11.5 Å². The normalized spacial score (nSPS) is 20.2. The van der Waals surface area contributed by atoms with Gasteiger partial charge in [0.05, 0.1) is 5.71 Å². The van der Waals surface area contributed by atoms with Crippen molar-refractivity contribution in [3.05, 3.63) is 81.9 Å². The molecule has 0 radical (unpaired) electrons. The standard InChI is InChI=1S/C23H20N2O4/c1-23(2,3)17-12-20(26)25-18-11-14(8-9-15(17)18)24-21(27)16-10-13-6-4-5-7-19(13)29-22(16)28/h4-12,15H,1-3H3,(H,25,26). The number of nitrogens with zero attached hydrogens (tertiary/aromatic N) is 1. The molecule has 2 amide bonds. The van der Waals surface area contributed by atoms with Gasteiger partial charge in [0.2, 0.25) is 5.91 Å². The van der Waals surface area contributed by atoms with Crippen LogP contribution in [0.1, 0.15) is 31.1 Å². The number of hydrogen-bond donors (Lipinski definition) is 1. The lowest BCUT2D eigenvalue weighted by atomic mass is 9.74. The summed E-state index contributed by atoms with van der Waals surface area (Å²) in [5.74, 6) is -0.964. The van der Waals surface area contributed by atoms with Crippen LogP contribution in [0.3, 0.4) is 0 Å². The van der Waals surface area contributed by atoms with Crippen LogP contribution in [0.25, 0.3) is 11.0 Å². The van der Waals surface area contributed by atoms with E-state index in [1.165, 1.54) is 6.07 Å². The maximum absolute atomic E-state index is 12.6. The van der Waals surface area contributed by atoms with Gasteiger partial charge < -0.3 is 9.73 Å². The van der Waals surface area contributed by atoms with Crippen molar-refractivity contribution in [2.75, 3.05) is 0 Å². The predicted molar refractivity (Wildman–Crippen MR) is 111 cm³/mol. The van der Waals surface area contributed by atoms with E-state index in [2.05, 4.69) is 31.1 Å². The number of fused-ring (bicyclic) bond motifs is 2. The number of amides is 2. The van der Waals surface area contributed by atoms with Crippen LogP contribution in [0.2, 0.25) is 0 Å². The molecular formula is C23H20N2O4. The molecule has 6 heteroatoms. The van der Waals surface area contributed by atoms with Gasteiger partial charge in [-0.15, -0.1) is 0 Å². The third-order valence-electron chi connectivity index (χ3n) is 4.96. The average molecular weight is 388 g/mol. The maximum atomic E-state index is 12.6. The minimum absolute atomic E-state index is 0.0764. The lowest BCUT2D eigenvalue weighted by molar-refractivity contribution is -0.116. The highest BCUT2D eigenvalue weighted by Gasteiger charge is 2.32. The molecule has 0 saturated heterocycles. The Balaban J connectivity index is 1.68. The fourth-order valence-electron chi connectivity index (χ4n) is 3.53. The molecule has 2 aliphatic rings. The maximum Gasteiger partial charge on any atom is 0.349 e. The Labute approximate surface area is 167 Å². The number of allylic oxidation sites excluding steroid dienone is 3. The van der Waals surface area contributed by atoms with Crippen molar-refractivity contribution in [2.45, 2.75) is 20.8 Å². The molecule has 6 nitrogen and oxygen atoms in total. The highest BCUT2D eigenvalue weighted by atomic mass is 16.4. The average Bonchev–Trinajstić information content (AvgIpc) is 2.65. The molecule has 0 bridgehead atoms. The number of carbonyl (C=O) groups excluding carboxylic acids is 2. The molecule has 2 heterocycles. The summed E-state index contributed by atoms with van der Waals surface area (Å²) in [5, 5.41) is 3.47. The van der Waals surface area contributed by atoms with Crippen LogP contribution in [0, 0.1) is 11.3 Å². The van der Waals surface area contributed by atoms with Gasteiger partial charge in [-0.2, -0.15) is 0 Å². The Morgan fingerprint density at radius 1 is 1.14 bits per heavy atom. The summed E-state index contributed by atoms with van der Waals surface area (Å²) in [6, 6.07) is 8.45. The van der Waals surface area contributed by atoms with Crippen molar-refractivity contribution in [1.82, 2.24) is 5.32 Å². The van der Waals surface area contributed by atoms with Gasteiger partial charge in [-0.05, 0) is 35.3 Å². The first-order valence-electron chi connectivity index (χ1n) is 9.31. The van der Waals surface area contributed by atoms with Gasteiger partial charge in [0.25, 0.3) is 5.91 Å². The zero-order valence-electron chi connectivity index (χ0n) is 16.4. The lowest BCUT2D eigenvalue weighted by Crippen LogP contribution is -2.36. The first kappa shape index (κ1) is 18.8. The third kappa shape index (κ3) is 3.61. The van der Waals surface area contributed by atoms with Crippen LogP contribution in [0.5, 0.6) is 0 Å². The van der Waals surface area contributed by atoms with E-state index in [1.54, 1.807) is 42.5 Å². The molecular weight excluding hydrogens is 368 g/mol. The molecule has 146 valence electrons. The van der Waals surface area contributed by atoms with E-state index in [9.17, 15) is 14.4 Å². The molecule has 0 fully saturated rings. The quantitative estimate of drug-likeness (QED) is 0.757. The fraction of sp³-hybridized carbons (Fsp3) is 0.217. The van der Waals surface area contributed by atoms with Crippen molar-refractivity contribution in [2.24, 2.45) is 16.3 Å². The zero-order valence-corrected chi connectivity index (χ0v) is 16.4. The van der Waals surface area contributed by atoms with Crippen molar-refractivity contribution in [1.29, 1.82) is 0 Å². The minimum atomic E-state index is -0.729. The lowest BCUT2D eigenvalue weighted by Gasteiger charge is -2.34. The van der Waals surface area contributed by atoms with Gasteiger partial charge in [-0.3, -0.25) is 9.59 Å². The van der Waals surface area contributed by atoms with Crippen molar-refractivity contribution >= 4 is 28.5 Å². The summed E-state index contributed by atoms with van der Waals surface area (Å²) in [6.07, 6.45) is 6.93. The second kappa shape index (κ2) is 6.81. The Morgan fingerprint density at radius 2 is 1.90 bits per heavy atom. The molecule has 1 atom stereocenters. The van der Waals surface area contributed by atoms with Crippen LogP contribution < -0.4 is 10.9 Å². The molecule has 1 aromatic carbocycles. The van der Waals surface area contributed by atoms with E-state index in [4.69, 9.17) is 4.42 Å². The highest BCUT2D eigenvalue weighted by Crippen LogP contribution is 2.38. The van der Waals surface area contributed by atoms with Crippen LogP contribution in [-0.2, 0) is 4.79 Å². The van der Waals surface area contributed by atoms with Crippen LogP contribution in [-0.4, -0.2) is 17.5 Å². The molecule has 1 unspecified atom stereocenters. The zero-order chi connectivity index (χ0) is 20.8. The van der Waals surface area contributed by atoms with E-state index in [-0.39, 0.29) is 22.8 Å². The molecule has 0 spiro atoms. The summed E-state index contributed by atoms with van der Waals surface area (Å²) in [4.78, 5) is 40.9. The second-order valence-corrected chi connectivity index (χ2v) is 8.10. The van der Waals surface area contributed by atoms with Crippen LogP contribution in [0.4, 0.5) is 0 Å².